The van der Waals surface area contributed by atoms with Crippen molar-refractivity contribution >= 4 is 11.6 Å². The van der Waals surface area contributed by atoms with Crippen molar-refractivity contribution in [3.63, 3.8) is 0 Å². The van der Waals surface area contributed by atoms with Gasteiger partial charge >= 0.3 is 0 Å². The minimum atomic E-state index is -0.0836. The zero-order chi connectivity index (χ0) is 14.1. The van der Waals surface area contributed by atoms with Crippen LogP contribution in [0.3, 0.4) is 0 Å². The third-order valence-electron chi connectivity index (χ3n) is 3.84. The van der Waals surface area contributed by atoms with Crippen LogP contribution in [0, 0.1) is 0 Å². The van der Waals surface area contributed by atoms with Crippen molar-refractivity contribution in [3.05, 3.63) is 47.5 Å². The van der Waals surface area contributed by atoms with Crippen LogP contribution < -0.4 is 11.1 Å². The standard InChI is InChI=1S/C15H18N4O/c1-19-9-17-8-14(19)15(20)18-13-4-2-3-10-7-11(16)5-6-12(10)13/h5-9,13H,2-4,16H2,1H3,(H,18,20). The molecule has 1 aromatic heterocycles. The number of anilines is 1. The normalized spacial score (nSPS) is 17.6. The molecule has 1 unspecified atom stereocenters. The molecule has 1 aliphatic carbocycles. The molecular formula is C15H18N4O. The lowest BCUT2D eigenvalue weighted by Gasteiger charge is -2.26. The highest BCUT2D eigenvalue weighted by Crippen LogP contribution is 2.31. The fraction of sp³-hybridized carbons (Fsp3) is 0.333. The molecule has 5 heteroatoms. The summed E-state index contributed by atoms with van der Waals surface area (Å²) >= 11 is 0. The molecule has 1 aliphatic rings. The number of benzene rings is 1. The van der Waals surface area contributed by atoms with Gasteiger partial charge in [-0.15, -0.1) is 0 Å². The molecule has 0 saturated heterocycles. The monoisotopic (exact) mass is 270 g/mol. The largest absolute Gasteiger partial charge is 0.399 e. The number of hydrogen-bond donors (Lipinski definition) is 2. The fourth-order valence-electron chi connectivity index (χ4n) is 2.79. The van der Waals surface area contributed by atoms with Gasteiger partial charge in [0.1, 0.15) is 5.69 Å². The number of carbonyl (C=O) groups excluding carboxylic acids is 1. The molecule has 20 heavy (non-hydrogen) atoms. The van der Waals surface area contributed by atoms with Gasteiger partial charge in [0.25, 0.3) is 5.91 Å². The van der Waals surface area contributed by atoms with Gasteiger partial charge in [-0.05, 0) is 42.5 Å². The van der Waals surface area contributed by atoms with Gasteiger partial charge in [-0.3, -0.25) is 4.79 Å². The summed E-state index contributed by atoms with van der Waals surface area (Å²) in [6, 6.07) is 5.99. The third kappa shape index (κ3) is 2.27. The Balaban J connectivity index is 1.83. The van der Waals surface area contributed by atoms with E-state index in [0.29, 0.717) is 5.69 Å². The first-order valence-corrected chi connectivity index (χ1v) is 6.80. The highest BCUT2D eigenvalue weighted by atomic mass is 16.2. The van der Waals surface area contributed by atoms with E-state index in [0.717, 1.165) is 24.9 Å². The Labute approximate surface area is 117 Å². The average Bonchev–Trinajstić information content (AvgIpc) is 2.85. The molecule has 0 fully saturated rings. The Morgan fingerprint density at radius 1 is 1.50 bits per heavy atom. The van der Waals surface area contributed by atoms with E-state index in [-0.39, 0.29) is 11.9 Å². The fourth-order valence-corrected chi connectivity index (χ4v) is 2.79. The molecule has 104 valence electrons. The smallest absolute Gasteiger partial charge is 0.270 e. The van der Waals surface area contributed by atoms with E-state index in [1.807, 2.05) is 25.2 Å². The summed E-state index contributed by atoms with van der Waals surface area (Å²) < 4.78 is 1.72. The summed E-state index contributed by atoms with van der Waals surface area (Å²) in [7, 11) is 1.82. The summed E-state index contributed by atoms with van der Waals surface area (Å²) in [5.74, 6) is -0.0836. The maximum atomic E-state index is 12.3. The van der Waals surface area contributed by atoms with Gasteiger partial charge < -0.3 is 15.6 Å². The van der Waals surface area contributed by atoms with Gasteiger partial charge in [0.05, 0.1) is 18.6 Å². The number of rotatable bonds is 2. The first-order chi connectivity index (χ1) is 9.65. The zero-order valence-electron chi connectivity index (χ0n) is 11.5. The van der Waals surface area contributed by atoms with Gasteiger partial charge in [-0.25, -0.2) is 4.98 Å². The highest BCUT2D eigenvalue weighted by Gasteiger charge is 2.23. The van der Waals surface area contributed by atoms with E-state index in [1.54, 1.807) is 17.1 Å². The number of nitrogens with one attached hydrogen (secondary N) is 1. The summed E-state index contributed by atoms with van der Waals surface area (Å²) in [5, 5.41) is 3.10. The van der Waals surface area contributed by atoms with Crippen molar-refractivity contribution < 1.29 is 4.79 Å². The maximum Gasteiger partial charge on any atom is 0.270 e. The van der Waals surface area contributed by atoms with E-state index in [1.165, 1.54) is 11.1 Å². The van der Waals surface area contributed by atoms with Gasteiger partial charge in [0.15, 0.2) is 0 Å². The van der Waals surface area contributed by atoms with E-state index in [9.17, 15) is 4.79 Å². The van der Waals surface area contributed by atoms with Gasteiger partial charge in [-0.2, -0.15) is 0 Å². The van der Waals surface area contributed by atoms with Crippen molar-refractivity contribution in [3.8, 4) is 0 Å². The molecule has 0 bridgehead atoms. The number of fused-ring (bicyclic) bond motifs is 1. The van der Waals surface area contributed by atoms with Crippen LogP contribution in [0.25, 0.3) is 0 Å². The summed E-state index contributed by atoms with van der Waals surface area (Å²) in [4.78, 5) is 16.3. The Hall–Kier alpha value is -2.30. The molecule has 1 atom stereocenters. The molecular weight excluding hydrogens is 252 g/mol. The lowest BCUT2D eigenvalue weighted by molar-refractivity contribution is 0.0924. The molecule has 3 rings (SSSR count). The van der Waals surface area contributed by atoms with Crippen molar-refractivity contribution in [1.82, 2.24) is 14.9 Å². The minimum absolute atomic E-state index is 0.0572. The number of hydrogen-bond acceptors (Lipinski definition) is 3. The number of aromatic nitrogens is 2. The van der Waals surface area contributed by atoms with Gasteiger partial charge in [-0.1, -0.05) is 6.07 Å². The molecule has 0 spiro atoms. The van der Waals surface area contributed by atoms with E-state index in [2.05, 4.69) is 10.3 Å². The SMILES string of the molecule is Cn1cncc1C(=O)NC1CCCc2cc(N)ccc21. The van der Waals surface area contributed by atoms with Crippen LogP contribution in [0.15, 0.2) is 30.7 Å². The summed E-state index contributed by atoms with van der Waals surface area (Å²) in [6.45, 7) is 0. The number of imidazole rings is 1. The van der Waals surface area contributed by atoms with Crippen molar-refractivity contribution in [2.24, 2.45) is 7.05 Å². The molecule has 0 radical (unpaired) electrons. The molecule has 0 saturated carbocycles. The van der Waals surface area contributed by atoms with E-state index < -0.39 is 0 Å². The predicted molar refractivity (Wildman–Crippen MR) is 77.2 cm³/mol. The van der Waals surface area contributed by atoms with Crippen LogP contribution in [0.2, 0.25) is 0 Å². The Morgan fingerprint density at radius 2 is 2.35 bits per heavy atom. The molecule has 0 aliphatic heterocycles. The van der Waals surface area contributed by atoms with Crippen LogP contribution in [-0.2, 0) is 13.5 Å². The first kappa shape index (κ1) is 12.7. The third-order valence-corrected chi connectivity index (χ3v) is 3.84. The van der Waals surface area contributed by atoms with Crippen LogP contribution in [0.5, 0.6) is 0 Å². The van der Waals surface area contributed by atoms with Crippen molar-refractivity contribution in [1.29, 1.82) is 0 Å². The molecule has 1 heterocycles. The number of nitrogen functional groups attached to an aromatic ring is 1. The number of nitrogens with two attached hydrogens (primary N) is 1. The first-order valence-electron chi connectivity index (χ1n) is 6.80. The topological polar surface area (TPSA) is 72.9 Å². The molecule has 1 amide bonds. The second kappa shape index (κ2) is 5.00. The number of nitrogens with zero attached hydrogens (tertiary/aromatic N) is 2. The maximum absolute atomic E-state index is 12.3. The summed E-state index contributed by atoms with van der Waals surface area (Å²) in [6.07, 6.45) is 6.26. The Kier molecular flexibility index (Phi) is 3.18. The van der Waals surface area contributed by atoms with Gasteiger partial charge in [0.2, 0.25) is 0 Å². The predicted octanol–water partition coefficient (Wildman–Crippen LogP) is 1.81. The molecule has 3 N–H and O–H groups in total. The van der Waals surface area contributed by atoms with Crippen LogP contribution in [0.4, 0.5) is 5.69 Å². The quantitative estimate of drug-likeness (QED) is 0.817. The van der Waals surface area contributed by atoms with Crippen LogP contribution >= 0.6 is 0 Å². The van der Waals surface area contributed by atoms with Crippen molar-refractivity contribution in [2.75, 3.05) is 5.73 Å². The Morgan fingerprint density at radius 3 is 3.10 bits per heavy atom. The summed E-state index contributed by atoms with van der Waals surface area (Å²) in [5.41, 5.74) is 9.61. The lowest BCUT2D eigenvalue weighted by Crippen LogP contribution is -2.32. The number of amides is 1. The van der Waals surface area contributed by atoms with Crippen LogP contribution in [-0.4, -0.2) is 15.5 Å². The van der Waals surface area contributed by atoms with Crippen molar-refractivity contribution in [2.45, 2.75) is 25.3 Å². The second-order valence-electron chi connectivity index (χ2n) is 5.27. The molecule has 5 nitrogen and oxygen atoms in total. The molecule has 2 aromatic rings. The molecule has 1 aromatic carbocycles. The zero-order valence-corrected chi connectivity index (χ0v) is 11.5. The number of aryl methyl sites for hydroxylation is 2. The lowest BCUT2D eigenvalue weighted by atomic mass is 9.87. The van der Waals surface area contributed by atoms with E-state index in [4.69, 9.17) is 5.73 Å². The minimum Gasteiger partial charge on any atom is -0.399 e. The van der Waals surface area contributed by atoms with Gasteiger partial charge in [0, 0.05) is 12.7 Å². The highest BCUT2D eigenvalue weighted by molar-refractivity contribution is 5.92. The second-order valence-corrected chi connectivity index (χ2v) is 5.27. The Bertz CT molecular complexity index is 647. The van der Waals surface area contributed by atoms with Crippen LogP contribution in [0.1, 0.15) is 40.5 Å². The van der Waals surface area contributed by atoms with E-state index >= 15 is 0 Å². The average molecular weight is 270 g/mol. The number of carbonyl (C=O) groups is 1.